The number of benzene rings is 1. The Bertz CT molecular complexity index is 765. The van der Waals surface area contributed by atoms with Gasteiger partial charge in [-0.2, -0.15) is 0 Å². The van der Waals surface area contributed by atoms with Crippen molar-refractivity contribution < 1.29 is 23.6 Å². The number of halogens is 2. The summed E-state index contributed by atoms with van der Waals surface area (Å²) in [5.74, 6) is -4.01. The minimum absolute atomic E-state index is 0.146. The van der Waals surface area contributed by atoms with E-state index in [4.69, 9.17) is 5.21 Å². The van der Waals surface area contributed by atoms with E-state index in [-0.39, 0.29) is 17.4 Å². The minimum atomic E-state index is -1.26. The average molecular weight is 398 g/mol. The lowest BCUT2D eigenvalue weighted by molar-refractivity contribution is -0.123. The van der Waals surface area contributed by atoms with Crippen molar-refractivity contribution in [3.8, 4) is 0 Å². The molecule has 0 bridgehead atoms. The zero-order valence-corrected chi connectivity index (χ0v) is 15.7. The number of anilines is 1. The second kappa shape index (κ2) is 8.45. The molecule has 28 heavy (non-hydrogen) atoms. The first kappa shape index (κ1) is 20.6. The van der Waals surface area contributed by atoms with Gasteiger partial charge in [0.1, 0.15) is 6.04 Å². The van der Waals surface area contributed by atoms with Gasteiger partial charge in [0.25, 0.3) is 5.91 Å². The summed E-state index contributed by atoms with van der Waals surface area (Å²) in [6.45, 7) is 2.78. The molecule has 2 unspecified atom stereocenters. The summed E-state index contributed by atoms with van der Waals surface area (Å²) in [5.41, 5.74) is 3.87. The van der Waals surface area contributed by atoms with Crippen LogP contribution in [0.2, 0.25) is 0 Å². The zero-order chi connectivity index (χ0) is 20.4. The number of rotatable bonds is 4. The summed E-state index contributed by atoms with van der Waals surface area (Å²) in [4.78, 5) is 28.8. The Morgan fingerprint density at radius 2 is 1.89 bits per heavy atom. The zero-order valence-electron chi connectivity index (χ0n) is 15.7. The largest absolute Gasteiger partial charge is 0.324 e. The maximum atomic E-state index is 13.6. The predicted molar refractivity (Wildman–Crippen MR) is 96.2 cm³/mol. The number of hydrogen-bond donors (Lipinski definition) is 4. The van der Waals surface area contributed by atoms with Gasteiger partial charge < -0.3 is 5.32 Å². The van der Waals surface area contributed by atoms with Gasteiger partial charge in [-0.25, -0.2) is 24.7 Å². The molecule has 0 aromatic heterocycles. The van der Waals surface area contributed by atoms with Crippen LogP contribution in [0.15, 0.2) is 12.1 Å². The number of likely N-dealkylation sites (N-methyl/N-ethyl adjacent to an activating group) is 1. The Kier molecular flexibility index (Phi) is 6.20. The Labute approximate surface area is 161 Å². The first-order valence-corrected chi connectivity index (χ1v) is 8.96. The van der Waals surface area contributed by atoms with Crippen molar-refractivity contribution in [2.24, 2.45) is 0 Å². The van der Waals surface area contributed by atoms with Crippen molar-refractivity contribution in [2.75, 3.05) is 39.2 Å². The van der Waals surface area contributed by atoms with E-state index in [9.17, 15) is 18.4 Å². The van der Waals surface area contributed by atoms with Crippen molar-refractivity contribution in [3.05, 3.63) is 29.3 Å². The van der Waals surface area contributed by atoms with E-state index in [2.05, 4.69) is 27.6 Å². The highest BCUT2D eigenvalue weighted by Crippen LogP contribution is 2.23. The van der Waals surface area contributed by atoms with Gasteiger partial charge in [0.15, 0.2) is 11.6 Å². The van der Waals surface area contributed by atoms with Crippen molar-refractivity contribution >= 4 is 17.5 Å². The van der Waals surface area contributed by atoms with E-state index in [0.29, 0.717) is 18.6 Å². The van der Waals surface area contributed by atoms with E-state index >= 15 is 0 Å². The number of carbonyl (C=O) groups excluding carboxylic acids is 2. The van der Waals surface area contributed by atoms with Crippen LogP contribution in [0.5, 0.6) is 0 Å². The Hall–Kier alpha value is -2.18. The number of nitrogens with one attached hydrogen (secondary N) is 3. The van der Waals surface area contributed by atoms with Crippen LogP contribution < -0.4 is 16.2 Å². The number of hydroxylamine groups is 1. The molecule has 4 N–H and O–H groups in total. The van der Waals surface area contributed by atoms with Crippen LogP contribution >= 0.6 is 0 Å². The van der Waals surface area contributed by atoms with Crippen LogP contribution in [-0.4, -0.2) is 77.9 Å². The lowest BCUT2D eigenvalue weighted by Crippen LogP contribution is -2.61. The first-order valence-electron chi connectivity index (χ1n) is 8.96. The van der Waals surface area contributed by atoms with E-state index < -0.39 is 29.5 Å². The van der Waals surface area contributed by atoms with Crippen LogP contribution in [0.1, 0.15) is 23.2 Å². The van der Waals surface area contributed by atoms with Gasteiger partial charge in [0.2, 0.25) is 5.91 Å². The fourth-order valence-corrected chi connectivity index (χ4v) is 3.64. The van der Waals surface area contributed by atoms with E-state index in [1.54, 1.807) is 0 Å². The fraction of sp³-hybridized carbons (Fsp3) is 0.529. The molecule has 0 saturated carbocycles. The average Bonchev–Trinajstić information content (AvgIpc) is 3.09. The highest BCUT2D eigenvalue weighted by molar-refractivity contribution is 6.04. The third-order valence-corrected chi connectivity index (χ3v) is 5.11. The maximum Gasteiger partial charge on any atom is 0.276 e. The molecule has 9 nitrogen and oxygen atoms in total. The smallest absolute Gasteiger partial charge is 0.276 e. The molecule has 11 heteroatoms. The molecule has 0 radical (unpaired) electrons. The highest BCUT2D eigenvalue weighted by Gasteiger charge is 2.35. The number of carbonyl (C=O) groups is 2. The van der Waals surface area contributed by atoms with E-state index in [0.717, 1.165) is 26.2 Å². The van der Waals surface area contributed by atoms with E-state index in [1.165, 1.54) is 5.48 Å². The second-order valence-corrected chi connectivity index (χ2v) is 7.13. The summed E-state index contributed by atoms with van der Waals surface area (Å²) in [7, 11) is 3.90. The minimum Gasteiger partial charge on any atom is -0.324 e. The topological polar surface area (TPSA) is 100 Å². The van der Waals surface area contributed by atoms with Crippen molar-refractivity contribution in [2.45, 2.75) is 25.0 Å². The Morgan fingerprint density at radius 3 is 2.50 bits per heavy atom. The SMILES string of the molecule is CN1CCN(C2CCC(C(=O)Nc3cc(F)c(F)cc3C(=O)NO)NN2C)C1. The lowest BCUT2D eigenvalue weighted by atomic mass is 10.1. The molecular formula is C17H24F2N6O3. The molecule has 2 saturated heterocycles. The van der Waals surface area contributed by atoms with Crippen molar-refractivity contribution in [3.63, 3.8) is 0 Å². The fourth-order valence-electron chi connectivity index (χ4n) is 3.64. The summed E-state index contributed by atoms with van der Waals surface area (Å²) in [5, 5.41) is 13.1. The summed E-state index contributed by atoms with van der Waals surface area (Å²) >= 11 is 0. The number of amides is 2. The molecule has 3 rings (SSSR count). The predicted octanol–water partition coefficient (Wildman–Crippen LogP) is 0.152. The standard InChI is InChI=1S/C17H24F2N6O3/c1-23-5-6-25(9-23)15-4-3-13(21-24(15)2)17(27)20-14-8-12(19)11(18)7-10(14)16(26)22-28/h7-8,13,15,21,28H,3-6,9H2,1-2H3,(H,20,27)(H,22,26). The molecule has 2 atom stereocenters. The molecule has 2 amide bonds. The Morgan fingerprint density at radius 1 is 1.18 bits per heavy atom. The van der Waals surface area contributed by atoms with Crippen LogP contribution in [0.3, 0.4) is 0 Å². The van der Waals surface area contributed by atoms with E-state index in [1.807, 2.05) is 12.1 Å². The van der Waals surface area contributed by atoms with Crippen LogP contribution in [0.4, 0.5) is 14.5 Å². The number of hydrazine groups is 1. The van der Waals surface area contributed by atoms with Gasteiger partial charge in [0.05, 0.1) is 24.1 Å². The maximum absolute atomic E-state index is 13.6. The van der Waals surface area contributed by atoms with Gasteiger partial charge in [-0.05, 0) is 26.0 Å². The quantitative estimate of drug-likeness (QED) is 0.423. The molecule has 2 heterocycles. The molecule has 2 fully saturated rings. The van der Waals surface area contributed by atoms with Gasteiger partial charge in [-0.15, -0.1) is 0 Å². The monoisotopic (exact) mass is 398 g/mol. The molecule has 1 aromatic carbocycles. The summed E-state index contributed by atoms with van der Waals surface area (Å²) in [6.07, 6.45) is 1.43. The highest BCUT2D eigenvalue weighted by atomic mass is 19.2. The number of nitrogens with zero attached hydrogens (tertiary/aromatic N) is 3. The van der Waals surface area contributed by atoms with Crippen LogP contribution in [-0.2, 0) is 4.79 Å². The summed E-state index contributed by atoms with van der Waals surface area (Å²) < 4.78 is 27.0. The molecule has 0 spiro atoms. The number of hydrogen-bond acceptors (Lipinski definition) is 7. The molecule has 1 aromatic rings. The third-order valence-electron chi connectivity index (χ3n) is 5.11. The molecule has 0 aliphatic carbocycles. The van der Waals surface area contributed by atoms with Gasteiger partial charge in [-0.3, -0.25) is 24.6 Å². The Balaban J connectivity index is 1.67. The second-order valence-electron chi connectivity index (χ2n) is 7.13. The third kappa shape index (κ3) is 4.28. The van der Waals surface area contributed by atoms with Crippen molar-refractivity contribution in [1.29, 1.82) is 0 Å². The van der Waals surface area contributed by atoms with Crippen LogP contribution in [0, 0.1) is 11.6 Å². The van der Waals surface area contributed by atoms with Gasteiger partial charge in [0, 0.05) is 26.2 Å². The molecular weight excluding hydrogens is 374 g/mol. The molecule has 2 aliphatic heterocycles. The molecule has 154 valence electrons. The summed E-state index contributed by atoms with van der Waals surface area (Å²) in [6, 6.07) is 0.740. The lowest BCUT2D eigenvalue weighted by Gasteiger charge is -2.41. The van der Waals surface area contributed by atoms with Crippen LogP contribution in [0.25, 0.3) is 0 Å². The van der Waals surface area contributed by atoms with Gasteiger partial charge in [-0.1, -0.05) is 0 Å². The first-order chi connectivity index (χ1) is 13.3. The molecule has 2 aliphatic rings. The van der Waals surface area contributed by atoms with Crippen molar-refractivity contribution in [1.82, 2.24) is 25.7 Å². The normalized spacial score (nSPS) is 24.3. The van der Waals surface area contributed by atoms with Gasteiger partial charge >= 0.3 is 0 Å².